The molecule has 1 saturated heterocycles. The number of fused-ring (bicyclic) bond motifs is 2. The van der Waals surface area contributed by atoms with Gasteiger partial charge in [-0.3, -0.25) is 0 Å². The predicted octanol–water partition coefficient (Wildman–Crippen LogP) is 3.19. The molecule has 4 rings (SSSR count). The zero-order chi connectivity index (χ0) is 13.5. The molecule has 2 heterocycles. The van der Waals surface area contributed by atoms with Gasteiger partial charge in [0.15, 0.2) is 0 Å². The van der Waals surface area contributed by atoms with Crippen LogP contribution in [0.1, 0.15) is 38.2 Å². The summed E-state index contributed by atoms with van der Waals surface area (Å²) >= 11 is 0. The van der Waals surface area contributed by atoms with Crippen LogP contribution in [-0.4, -0.2) is 31.3 Å². The Labute approximate surface area is 121 Å². The molecule has 108 valence electrons. The van der Waals surface area contributed by atoms with Gasteiger partial charge in [0.1, 0.15) is 0 Å². The van der Waals surface area contributed by atoms with Gasteiger partial charge in [0.05, 0.1) is 18.8 Å². The SMILES string of the molecule is CC1CCc2cc(N3CCOC4CCCC43)ccc2N1. The molecular formula is C17H24N2O. The molecule has 1 aromatic rings. The van der Waals surface area contributed by atoms with Gasteiger partial charge in [-0.25, -0.2) is 0 Å². The van der Waals surface area contributed by atoms with Crippen molar-refractivity contribution < 1.29 is 4.74 Å². The maximum atomic E-state index is 5.93. The van der Waals surface area contributed by atoms with Crippen LogP contribution in [0, 0.1) is 0 Å². The Morgan fingerprint density at radius 3 is 3.15 bits per heavy atom. The summed E-state index contributed by atoms with van der Waals surface area (Å²) in [7, 11) is 0. The van der Waals surface area contributed by atoms with E-state index in [9.17, 15) is 0 Å². The molecule has 2 aliphatic heterocycles. The summed E-state index contributed by atoms with van der Waals surface area (Å²) in [6, 6.07) is 8.20. The number of hydrogen-bond donors (Lipinski definition) is 1. The van der Waals surface area contributed by atoms with Crippen LogP contribution in [0.15, 0.2) is 18.2 Å². The number of benzene rings is 1. The third-order valence-electron chi connectivity index (χ3n) is 5.15. The van der Waals surface area contributed by atoms with E-state index >= 15 is 0 Å². The predicted molar refractivity (Wildman–Crippen MR) is 82.6 cm³/mol. The Balaban J connectivity index is 1.62. The molecule has 3 unspecified atom stereocenters. The fraction of sp³-hybridized carbons (Fsp3) is 0.647. The van der Waals surface area contributed by atoms with Crippen molar-refractivity contribution in [1.29, 1.82) is 0 Å². The Morgan fingerprint density at radius 2 is 2.20 bits per heavy atom. The summed E-state index contributed by atoms with van der Waals surface area (Å²) < 4.78 is 5.93. The van der Waals surface area contributed by atoms with Crippen molar-refractivity contribution >= 4 is 11.4 Å². The molecule has 0 bridgehead atoms. The fourth-order valence-electron chi connectivity index (χ4n) is 4.06. The molecule has 0 spiro atoms. The second-order valence-electron chi connectivity index (χ2n) is 6.53. The minimum atomic E-state index is 0.470. The number of aryl methyl sites for hydroxylation is 1. The molecule has 3 heteroatoms. The summed E-state index contributed by atoms with van der Waals surface area (Å²) in [5, 5.41) is 3.59. The van der Waals surface area contributed by atoms with Gasteiger partial charge in [-0.1, -0.05) is 0 Å². The molecule has 0 radical (unpaired) electrons. The van der Waals surface area contributed by atoms with Gasteiger partial charge in [0.25, 0.3) is 0 Å². The minimum Gasteiger partial charge on any atom is -0.382 e. The number of ether oxygens (including phenoxy) is 1. The monoisotopic (exact) mass is 272 g/mol. The van der Waals surface area contributed by atoms with Gasteiger partial charge >= 0.3 is 0 Å². The van der Waals surface area contributed by atoms with Crippen molar-refractivity contribution in [3.05, 3.63) is 23.8 Å². The summed E-state index contributed by atoms with van der Waals surface area (Å²) in [5.41, 5.74) is 4.23. The van der Waals surface area contributed by atoms with Gasteiger partial charge in [0.2, 0.25) is 0 Å². The maximum Gasteiger partial charge on any atom is 0.0779 e. The van der Waals surface area contributed by atoms with Crippen LogP contribution < -0.4 is 10.2 Å². The third kappa shape index (κ3) is 2.08. The van der Waals surface area contributed by atoms with E-state index in [1.165, 1.54) is 49.0 Å². The normalized spacial score (nSPS) is 32.5. The molecule has 3 atom stereocenters. The van der Waals surface area contributed by atoms with Crippen LogP contribution in [0.2, 0.25) is 0 Å². The first kappa shape index (κ1) is 12.5. The summed E-state index contributed by atoms with van der Waals surface area (Å²) in [6.45, 7) is 4.19. The lowest BCUT2D eigenvalue weighted by atomic mass is 9.97. The Kier molecular flexibility index (Phi) is 3.10. The standard InChI is InChI=1S/C17H24N2O/c1-12-5-6-13-11-14(7-8-15(13)18-12)19-9-10-20-17-4-2-3-16(17)19/h7-8,11-12,16-18H,2-6,9-10H2,1H3. The zero-order valence-electron chi connectivity index (χ0n) is 12.3. The van der Waals surface area contributed by atoms with E-state index in [0.717, 1.165) is 13.2 Å². The average Bonchev–Trinajstić information content (AvgIpc) is 2.95. The highest BCUT2D eigenvalue weighted by Gasteiger charge is 2.36. The van der Waals surface area contributed by atoms with E-state index in [1.807, 2.05) is 0 Å². The molecule has 1 aromatic carbocycles. The van der Waals surface area contributed by atoms with Gasteiger partial charge in [-0.2, -0.15) is 0 Å². The van der Waals surface area contributed by atoms with Crippen molar-refractivity contribution in [2.75, 3.05) is 23.4 Å². The summed E-state index contributed by atoms with van der Waals surface area (Å²) in [4.78, 5) is 2.60. The summed E-state index contributed by atoms with van der Waals surface area (Å²) in [6.07, 6.45) is 6.76. The van der Waals surface area contributed by atoms with E-state index in [2.05, 4.69) is 35.3 Å². The van der Waals surface area contributed by atoms with E-state index < -0.39 is 0 Å². The molecule has 2 fully saturated rings. The molecule has 0 aromatic heterocycles. The number of rotatable bonds is 1. The maximum absolute atomic E-state index is 5.93. The largest absolute Gasteiger partial charge is 0.382 e. The van der Waals surface area contributed by atoms with E-state index in [4.69, 9.17) is 4.74 Å². The molecular weight excluding hydrogens is 248 g/mol. The Bertz CT molecular complexity index is 502. The number of hydrogen-bond acceptors (Lipinski definition) is 3. The van der Waals surface area contributed by atoms with Gasteiger partial charge < -0.3 is 15.0 Å². The van der Waals surface area contributed by atoms with Gasteiger partial charge in [0, 0.05) is 24.0 Å². The Morgan fingerprint density at radius 1 is 1.25 bits per heavy atom. The highest BCUT2D eigenvalue weighted by Crippen LogP contribution is 2.35. The van der Waals surface area contributed by atoms with Crippen LogP contribution in [-0.2, 0) is 11.2 Å². The molecule has 3 nitrogen and oxygen atoms in total. The first-order valence-corrected chi connectivity index (χ1v) is 8.09. The van der Waals surface area contributed by atoms with Gasteiger partial charge in [-0.05, 0) is 62.8 Å². The summed E-state index contributed by atoms with van der Waals surface area (Å²) in [5.74, 6) is 0. The van der Waals surface area contributed by atoms with Crippen molar-refractivity contribution in [3.8, 4) is 0 Å². The minimum absolute atomic E-state index is 0.470. The second kappa shape index (κ2) is 4.96. The number of nitrogens with zero attached hydrogens (tertiary/aromatic N) is 1. The van der Waals surface area contributed by atoms with Crippen LogP contribution >= 0.6 is 0 Å². The van der Waals surface area contributed by atoms with E-state index in [0.29, 0.717) is 18.2 Å². The van der Waals surface area contributed by atoms with Crippen molar-refractivity contribution in [1.82, 2.24) is 0 Å². The molecule has 1 N–H and O–H groups in total. The van der Waals surface area contributed by atoms with Crippen LogP contribution in [0.5, 0.6) is 0 Å². The highest BCUT2D eigenvalue weighted by molar-refractivity contribution is 5.62. The van der Waals surface area contributed by atoms with Crippen molar-refractivity contribution in [3.63, 3.8) is 0 Å². The number of nitrogens with one attached hydrogen (secondary N) is 1. The highest BCUT2D eigenvalue weighted by atomic mass is 16.5. The molecule has 1 saturated carbocycles. The quantitative estimate of drug-likeness (QED) is 0.849. The third-order valence-corrected chi connectivity index (χ3v) is 5.15. The van der Waals surface area contributed by atoms with Crippen molar-refractivity contribution in [2.24, 2.45) is 0 Å². The molecule has 0 amide bonds. The lowest BCUT2D eigenvalue weighted by Crippen LogP contribution is -2.48. The first-order valence-electron chi connectivity index (χ1n) is 8.09. The van der Waals surface area contributed by atoms with Crippen LogP contribution in [0.4, 0.5) is 11.4 Å². The molecule has 1 aliphatic carbocycles. The van der Waals surface area contributed by atoms with E-state index in [-0.39, 0.29) is 0 Å². The van der Waals surface area contributed by atoms with Crippen LogP contribution in [0.25, 0.3) is 0 Å². The lowest BCUT2D eigenvalue weighted by Gasteiger charge is -2.40. The number of anilines is 2. The smallest absolute Gasteiger partial charge is 0.0779 e. The van der Waals surface area contributed by atoms with Crippen molar-refractivity contribution in [2.45, 2.75) is 57.2 Å². The van der Waals surface area contributed by atoms with E-state index in [1.54, 1.807) is 0 Å². The average molecular weight is 272 g/mol. The number of morpholine rings is 1. The molecule has 3 aliphatic rings. The second-order valence-corrected chi connectivity index (χ2v) is 6.53. The topological polar surface area (TPSA) is 24.5 Å². The Hall–Kier alpha value is -1.22. The first-order chi connectivity index (χ1) is 9.81. The van der Waals surface area contributed by atoms with Gasteiger partial charge in [-0.15, -0.1) is 0 Å². The zero-order valence-corrected chi connectivity index (χ0v) is 12.3. The molecule has 20 heavy (non-hydrogen) atoms. The lowest BCUT2D eigenvalue weighted by molar-refractivity contribution is 0.0256. The fourth-order valence-corrected chi connectivity index (χ4v) is 4.06. The van der Waals surface area contributed by atoms with Crippen LogP contribution in [0.3, 0.4) is 0 Å².